The van der Waals surface area contributed by atoms with Crippen molar-refractivity contribution in [2.75, 3.05) is 19.6 Å². The molecule has 4 nitrogen and oxygen atoms in total. The van der Waals surface area contributed by atoms with Crippen LogP contribution in [0.15, 0.2) is 17.3 Å². The van der Waals surface area contributed by atoms with Crippen LogP contribution in [0.2, 0.25) is 0 Å². The lowest BCUT2D eigenvalue weighted by atomic mass is 9.83. The summed E-state index contributed by atoms with van der Waals surface area (Å²) in [6, 6.07) is 2.12. The second-order valence-electron chi connectivity index (χ2n) is 5.97. The van der Waals surface area contributed by atoms with Crippen LogP contribution < -0.4 is 15.8 Å². The standard InChI is InChI=1S/C16H20N4/c1-2-16(4-7-17-8-5-16)20-10-12-3-6-18-15-14(12)13(11-20)9-19-15/h3,6,9-10,17H,2,4-5,7-8,11H2,1H3. The van der Waals surface area contributed by atoms with Gasteiger partial charge in [0.05, 0.1) is 0 Å². The number of hydrogen-bond donors (Lipinski definition) is 1. The molecule has 0 radical (unpaired) electrons. The van der Waals surface area contributed by atoms with Crippen LogP contribution in [0.3, 0.4) is 0 Å². The summed E-state index contributed by atoms with van der Waals surface area (Å²) in [4.78, 5) is 11.4. The van der Waals surface area contributed by atoms with E-state index < -0.39 is 0 Å². The van der Waals surface area contributed by atoms with E-state index >= 15 is 0 Å². The van der Waals surface area contributed by atoms with Crippen LogP contribution in [0.25, 0.3) is 11.8 Å². The molecule has 0 bridgehead atoms. The molecule has 3 aliphatic heterocycles. The fraction of sp³-hybridized carbons (Fsp3) is 0.500. The predicted octanol–water partition coefficient (Wildman–Crippen LogP) is 0.534. The van der Waals surface area contributed by atoms with Crippen molar-refractivity contribution >= 4 is 23.8 Å². The minimum Gasteiger partial charge on any atom is -0.367 e. The molecule has 1 saturated heterocycles. The minimum atomic E-state index is 0.301. The van der Waals surface area contributed by atoms with Crippen LogP contribution in [0.5, 0.6) is 0 Å². The van der Waals surface area contributed by atoms with E-state index in [4.69, 9.17) is 0 Å². The Labute approximate surface area is 118 Å². The summed E-state index contributed by atoms with van der Waals surface area (Å²) in [6.45, 7) is 5.54. The van der Waals surface area contributed by atoms with E-state index in [0.717, 1.165) is 25.5 Å². The first-order chi connectivity index (χ1) is 9.82. The Bertz CT molecular complexity index is 683. The highest BCUT2D eigenvalue weighted by Gasteiger charge is 2.36. The third kappa shape index (κ3) is 1.64. The maximum atomic E-state index is 4.45. The van der Waals surface area contributed by atoms with Crippen LogP contribution in [-0.4, -0.2) is 41.3 Å². The molecule has 0 aliphatic carbocycles. The van der Waals surface area contributed by atoms with Crippen LogP contribution >= 0.6 is 0 Å². The first kappa shape index (κ1) is 12.1. The Morgan fingerprint density at radius 2 is 2.20 bits per heavy atom. The number of aliphatic imine (C=N–C) groups is 1. The van der Waals surface area contributed by atoms with E-state index in [1.54, 1.807) is 0 Å². The highest BCUT2D eigenvalue weighted by molar-refractivity contribution is 6.07. The van der Waals surface area contributed by atoms with Crippen molar-refractivity contribution in [3.05, 3.63) is 22.7 Å². The monoisotopic (exact) mass is 268 g/mol. The third-order valence-corrected chi connectivity index (χ3v) is 5.06. The predicted molar refractivity (Wildman–Crippen MR) is 81.3 cm³/mol. The Hall–Kier alpha value is -1.68. The maximum Gasteiger partial charge on any atom is 0.160 e. The van der Waals surface area contributed by atoms with Crippen molar-refractivity contribution in [2.24, 2.45) is 4.99 Å². The molecule has 104 valence electrons. The lowest BCUT2D eigenvalue weighted by Crippen LogP contribution is -2.55. The molecule has 0 amide bonds. The van der Waals surface area contributed by atoms with E-state index in [1.165, 1.54) is 35.3 Å². The molecule has 0 atom stereocenters. The second-order valence-corrected chi connectivity index (χ2v) is 5.97. The molecule has 20 heavy (non-hydrogen) atoms. The van der Waals surface area contributed by atoms with Crippen molar-refractivity contribution in [1.29, 1.82) is 0 Å². The third-order valence-electron chi connectivity index (χ3n) is 5.06. The molecule has 1 aromatic heterocycles. The molecule has 4 rings (SSSR count). The Morgan fingerprint density at radius 1 is 1.35 bits per heavy atom. The average Bonchev–Trinajstić information content (AvgIpc) is 2.93. The second kappa shape index (κ2) is 4.42. The van der Waals surface area contributed by atoms with Crippen molar-refractivity contribution in [1.82, 2.24) is 15.2 Å². The first-order valence-corrected chi connectivity index (χ1v) is 7.54. The molecule has 0 unspecified atom stereocenters. The zero-order chi connectivity index (χ0) is 13.6. The molecular formula is C16H20N4. The highest BCUT2D eigenvalue weighted by atomic mass is 15.2. The van der Waals surface area contributed by atoms with Crippen molar-refractivity contribution in [2.45, 2.75) is 31.7 Å². The number of aromatic nitrogens is 1. The molecule has 0 saturated carbocycles. The van der Waals surface area contributed by atoms with E-state index in [1.807, 2.05) is 12.4 Å². The molecule has 1 fully saturated rings. The van der Waals surface area contributed by atoms with Gasteiger partial charge in [-0.25, -0.2) is 9.98 Å². The van der Waals surface area contributed by atoms with Crippen LogP contribution in [-0.2, 0) is 0 Å². The minimum absolute atomic E-state index is 0.301. The molecule has 1 aromatic rings. The fourth-order valence-corrected chi connectivity index (χ4v) is 3.76. The summed E-state index contributed by atoms with van der Waals surface area (Å²) in [5.74, 6) is 0.893. The zero-order valence-electron chi connectivity index (χ0n) is 11.9. The summed E-state index contributed by atoms with van der Waals surface area (Å²) in [7, 11) is 0. The van der Waals surface area contributed by atoms with Crippen LogP contribution in [0.4, 0.5) is 5.82 Å². The van der Waals surface area contributed by atoms with Gasteiger partial charge in [-0.3, -0.25) is 0 Å². The van der Waals surface area contributed by atoms with Crippen molar-refractivity contribution < 1.29 is 0 Å². The number of nitrogens with one attached hydrogen (secondary N) is 1. The smallest absolute Gasteiger partial charge is 0.160 e. The van der Waals surface area contributed by atoms with Gasteiger partial charge in [-0.1, -0.05) is 6.92 Å². The lowest BCUT2D eigenvalue weighted by Gasteiger charge is -2.47. The van der Waals surface area contributed by atoms with E-state index in [-0.39, 0.29) is 0 Å². The molecule has 0 aromatic carbocycles. The Morgan fingerprint density at radius 3 is 3.00 bits per heavy atom. The van der Waals surface area contributed by atoms with E-state index in [9.17, 15) is 0 Å². The van der Waals surface area contributed by atoms with Gasteiger partial charge in [0.2, 0.25) is 0 Å². The van der Waals surface area contributed by atoms with Gasteiger partial charge in [-0.15, -0.1) is 0 Å². The summed E-state index contributed by atoms with van der Waals surface area (Å²) in [5, 5.41) is 6.02. The average molecular weight is 268 g/mol. The number of rotatable bonds is 2. The topological polar surface area (TPSA) is 40.5 Å². The number of hydrogen-bond acceptors (Lipinski definition) is 4. The van der Waals surface area contributed by atoms with E-state index in [0.29, 0.717) is 5.54 Å². The highest BCUT2D eigenvalue weighted by Crippen LogP contribution is 2.32. The van der Waals surface area contributed by atoms with Crippen LogP contribution in [0, 0.1) is 0 Å². The summed E-state index contributed by atoms with van der Waals surface area (Å²) >= 11 is 0. The van der Waals surface area contributed by atoms with E-state index in [2.05, 4.69) is 39.4 Å². The van der Waals surface area contributed by atoms with Crippen molar-refractivity contribution in [3.8, 4) is 0 Å². The summed E-state index contributed by atoms with van der Waals surface area (Å²) in [5.41, 5.74) is 1.63. The largest absolute Gasteiger partial charge is 0.367 e. The SMILES string of the molecule is CCC1(N2C=c3ccnc4c3=C(C=N4)C2)CCNCC1. The summed E-state index contributed by atoms with van der Waals surface area (Å²) in [6.07, 6.45) is 9.85. The summed E-state index contributed by atoms with van der Waals surface area (Å²) < 4.78 is 0. The van der Waals surface area contributed by atoms with Gasteiger partial charge in [-0.2, -0.15) is 0 Å². The molecule has 4 heterocycles. The number of pyridine rings is 1. The maximum absolute atomic E-state index is 4.45. The van der Waals surface area contributed by atoms with Crippen molar-refractivity contribution in [3.63, 3.8) is 0 Å². The van der Waals surface area contributed by atoms with Gasteiger partial charge in [-0.05, 0) is 38.4 Å². The quantitative estimate of drug-likeness (QED) is 0.851. The first-order valence-electron chi connectivity index (χ1n) is 7.54. The molecule has 4 heteroatoms. The number of piperidine rings is 1. The Kier molecular flexibility index (Phi) is 2.67. The van der Waals surface area contributed by atoms with Crippen LogP contribution in [0.1, 0.15) is 26.2 Å². The molecule has 1 N–H and O–H groups in total. The molecule has 0 spiro atoms. The zero-order valence-corrected chi connectivity index (χ0v) is 11.9. The molecule has 3 aliphatic rings. The van der Waals surface area contributed by atoms with Gasteiger partial charge in [0.15, 0.2) is 5.82 Å². The number of nitrogens with zero attached hydrogens (tertiary/aromatic N) is 3. The van der Waals surface area contributed by atoms with Gasteiger partial charge >= 0.3 is 0 Å². The van der Waals surface area contributed by atoms with Gasteiger partial charge in [0.1, 0.15) is 0 Å². The normalized spacial score (nSPS) is 22.6. The lowest BCUT2D eigenvalue weighted by molar-refractivity contribution is 0.127. The molecular weight excluding hydrogens is 248 g/mol. The van der Waals surface area contributed by atoms with Gasteiger partial charge in [0.25, 0.3) is 0 Å². The van der Waals surface area contributed by atoms with Gasteiger partial charge in [0, 0.05) is 46.7 Å². The van der Waals surface area contributed by atoms with Gasteiger partial charge < -0.3 is 10.2 Å². The Balaban J connectivity index is 1.81. The fourth-order valence-electron chi connectivity index (χ4n) is 3.76.